The summed E-state index contributed by atoms with van der Waals surface area (Å²) in [6, 6.07) is 3.07. The normalized spacial score (nSPS) is 11.6. The number of rotatable bonds is 8. The van der Waals surface area contributed by atoms with Crippen molar-refractivity contribution in [3.05, 3.63) is 24.0 Å². The van der Waals surface area contributed by atoms with E-state index in [-0.39, 0.29) is 0 Å². The zero-order chi connectivity index (χ0) is 14.3. The molecule has 0 saturated carbocycles. The predicted molar refractivity (Wildman–Crippen MR) is 79.5 cm³/mol. The minimum absolute atomic E-state index is 0.536. The van der Waals surface area contributed by atoms with Gasteiger partial charge < -0.3 is 10.1 Å². The molecule has 0 aliphatic carbocycles. The maximum Gasteiger partial charge on any atom is 0.142 e. The zero-order valence-corrected chi connectivity index (χ0v) is 12.8. The van der Waals surface area contributed by atoms with Gasteiger partial charge in [0.15, 0.2) is 0 Å². The SMILES string of the molecule is CNCc1ccncc1OCCN(C(C)C)C(C)C. The van der Waals surface area contributed by atoms with Crippen LogP contribution in [0.3, 0.4) is 0 Å². The van der Waals surface area contributed by atoms with Gasteiger partial charge in [-0.15, -0.1) is 0 Å². The van der Waals surface area contributed by atoms with Crippen molar-refractivity contribution in [3.63, 3.8) is 0 Å². The van der Waals surface area contributed by atoms with Crippen molar-refractivity contribution in [1.29, 1.82) is 0 Å². The third-order valence-electron chi connectivity index (χ3n) is 3.17. The van der Waals surface area contributed by atoms with E-state index >= 15 is 0 Å². The van der Waals surface area contributed by atoms with Crippen LogP contribution in [0.1, 0.15) is 33.3 Å². The zero-order valence-electron chi connectivity index (χ0n) is 12.8. The van der Waals surface area contributed by atoms with Gasteiger partial charge in [-0.1, -0.05) is 0 Å². The van der Waals surface area contributed by atoms with Crippen LogP contribution in [0.5, 0.6) is 5.75 Å². The van der Waals surface area contributed by atoms with Crippen molar-refractivity contribution >= 4 is 0 Å². The molecule has 1 rings (SSSR count). The molecule has 0 spiro atoms. The Bertz CT molecular complexity index is 358. The van der Waals surface area contributed by atoms with Crippen LogP contribution in [0.15, 0.2) is 18.5 Å². The Morgan fingerprint density at radius 1 is 1.26 bits per heavy atom. The molecule has 108 valence electrons. The maximum absolute atomic E-state index is 5.88. The molecule has 0 radical (unpaired) electrons. The van der Waals surface area contributed by atoms with Crippen LogP contribution in [-0.4, -0.2) is 42.2 Å². The van der Waals surface area contributed by atoms with E-state index in [2.05, 4.69) is 42.9 Å². The Labute approximate surface area is 117 Å². The second-order valence-electron chi connectivity index (χ2n) is 5.29. The van der Waals surface area contributed by atoms with E-state index in [0.29, 0.717) is 18.7 Å². The largest absolute Gasteiger partial charge is 0.490 e. The van der Waals surface area contributed by atoms with Crippen molar-refractivity contribution in [3.8, 4) is 5.75 Å². The van der Waals surface area contributed by atoms with E-state index in [1.807, 2.05) is 13.1 Å². The quantitative estimate of drug-likeness (QED) is 0.782. The first kappa shape index (κ1) is 15.9. The third kappa shape index (κ3) is 5.17. The highest BCUT2D eigenvalue weighted by molar-refractivity contribution is 5.29. The van der Waals surface area contributed by atoms with E-state index in [0.717, 1.165) is 24.4 Å². The van der Waals surface area contributed by atoms with E-state index in [9.17, 15) is 0 Å². The van der Waals surface area contributed by atoms with Crippen LogP contribution in [0.2, 0.25) is 0 Å². The molecule has 4 heteroatoms. The smallest absolute Gasteiger partial charge is 0.142 e. The third-order valence-corrected chi connectivity index (χ3v) is 3.17. The van der Waals surface area contributed by atoms with Crippen molar-refractivity contribution in [2.75, 3.05) is 20.2 Å². The average molecular weight is 265 g/mol. The van der Waals surface area contributed by atoms with Gasteiger partial charge in [0.05, 0.1) is 6.20 Å². The summed E-state index contributed by atoms with van der Waals surface area (Å²) in [7, 11) is 1.93. The van der Waals surface area contributed by atoms with E-state index in [1.54, 1.807) is 12.4 Å². The van der Waals surface area contributed by atoms with Crippen LogP contribution in [0.25, 0.3) is 0 Å². The molecule has 0 bridgehead atoms. The first-order valence-electron chi connectivity index (χ1n) is 7.02. The van der Waals surface area contributed by atoms with Gasteiger partial charge in [0.25, 0.3) is 0 Å². The lowest BCUT2D eigenvalue weighted by Crippen LogP contribution is -2.39. The molecule has 0 saturated heterocycles. The summed E-state index contributed by atoms with van der Waals surface area (Å²) in [5, 5.41) is 3.14. The number of aromatic nitrogens is 1. The molecule has 0 atom stereocenters. The number of nitrogens with zero attached hydrogens (tertiary/aromatic N) is 2. The standard InChI is InChI=1S/C15H27N3O/c1-12(2)18(13(3)4)8-9-19-15-11-17-7-6-14(15)10-16-5/h6-7,11-13,16H,8-10H2,1-5H3. The van der Waals surface area contributed by atoms with Crippen molar-refractivity contribution in [1.82, 2.24) is 15.2 Å². The molecule has 0 aliphatic heterocycles. The summed E-state index contributed by atoms with van der Waals surface area (Å²) >= 11 is 0. The van der Waals surface area contributed by atoms with Crippen LogP contribution in [-0.2, 0) is 6.54 Å². The Balaban J connectivity index is 2.52. The molecule has 1 heterocycles. The molecule has 1 aromatic rings. The maximum atomic E-state index is 5.88. The van der Waals surface area contributed by atoms with Crippen LogP contribution < -0.4 is 10.1 Å². The molecule has 0 aliphatic rings. The van der Waals surface area contributed by atoms with Gasteiger partial charge in [-0.05, 0) is 40.8 Å². The molecule has 0 aromatic carbocycles. The summed E-state index contributed by atoms with van der Waals surface area (Å²) < 4.78 is 5.88. The minimum atomic E-state index is 0.536. The summed E-state index contributed by atoms with van der Waals surface area (Å²) in [6.07, 6.45) is 3.59. The fourth-order valence-electron chi connectivity index (χ4n) is 2.25. The average Bonchev–Trinajstić information content (AvgIpc) is 2.35. The fourth-order valence-corrected chi connectivity index (χ4v) is 2.25. The lowest BCUT2D eigenvalue weighted by atomic mass is 10.2. The molecule has 0 unspecified atom stereocenters. The van der Waals surface area contributed by atoms with Gasteiger partial charge in [0.1, 0.15) is 12.4 Å². The monoisotopic (exact) mass is 265 g/mol. The molecule has 1 aromatic heterocycles. The number of nitrogens with one attached hydrogen (secondary N) is 1. The van der Waals surface area contributed by atoms with Gasteiger partial charge in [-0.25, -0.2) is 0 Å². The number of pyridine rings is 1. The van der Waals surface area contributed by atoms with E-state index in [4.69, 9.17) is 4.74 Å². The van der Waals surface area contributed by atoms with E-state index < -0.39 is 0 Å². The highest BCUT2D eigenvalue weighted by Crippen LogP contribution is 2.16. The highest BCUT2D eigenvalue weighted by atomic mass is 16.5. The summed E-state index contributed by atoms with van der Waals surface area (Å²) in [6.45, 7) is 11.3. The van der Waals surface area contributed by atoms with Gasteiger partial charge in [0, 0.05) is 36.9 Å². The van der Waals surface area contributed by atoms with Crippen LogP contribution >= 0.6 is 0 Å². The van der Waals surface area contributed by atoms with Crippen molar-refractivity contribution in [2.24, 2.45) is 0 Å². The summed E-state index contributed by atoms with van der Waals surface area (Å²) in [5.74, 6) is 0.879. The lowest BCUT2D eigenvalue weighted by Gasteiger charge is -2.30. The summed E-state index contributed by atoms with van der Waals surface area (Å²) in [5.41, 5.74) is 1.15. The minimum Gasteiger partial charge on any atom is -0.490 e. The Morgan fingerprint density at radius 3 is 2.53 bits per heavy atom. The topological polar surface area (TPSA) is 37.4 Å². The molecule has 19 heavy (non-hydrogen) atoms. The van der Waals surface area contributed by atoms with Crippen LogP contribution in [0, 0.1) is 0 Å². The lowest BCUT2D eigenvalue weighted by molar-refractivity contribution is 0.141. The number of hydrogen-bond acceptors (Lipinski definition) is 4. The van der Waals surface area contributed by atoms with Gasteiger partial charge in [-0.2, -0.15) is 0 Å². The molecule has 0 fully saturated rings. The Kier molecular flexibility index (Phi) is 6.81. The fraction of sp³-hybridized carbons (Fsp3) is 0.667. The predicted octanol–water partition coefficient (Wildman–Crippen LogP) is 2.30. The first-order chi connectivity index (χ1) is 9.06. The van der Waals surface area contributed by atoms with Gasteiger partial charge >= 0.3 is 0 Å². The van der Waals surface area contributed by atoms with Crippen molar-refractivity contribution in [2.45, 2.75) is 46.3 Å². The molecule has 1 N–H and O–H groups in total. The molecular weight excluding hydrogens is 238 g/mol. The van der Waals surface area contributed by atoms with Crippen LogP contribution in [0.4, 0.5) is 0 Å². The molecule has 0 amide bonds. The van der Waals surface area contributed by atoms with Gasteiger partial charge in [-0.3, -0.25) is 9.88 Å². The van der Waals surface area contributed by atoms with Crippen molar-refractivity contribution < 1.29 is 4.74 Å². The number of ether oxygens (including phenoxy) is 1. The number of hydrogen-bond donors (Lipinski definition) is 1. The molecular formula is C15H27N3O. The Hall–Kier alpha value is -1.13. The second-order valence-corrected chi connectivity index (χ2v) is 5.29. The Morgan fingerprint density at radius 2 is 1.95 bits per heavy atom. The van der Waals surface area contributed by atoms with E-state index in [1.165, 1.54) is 0 Å². The second kappa shape index (κ2) is 8.12. The summed E-state index contributed by atoms with van der Waals surface area (Å²) in [4.78, 5) is 6.55. The highest BCUT2D eigenvalue weighted by Gasteiger charge is 2.13. The first-order valence-corrected chi connectivity index (χ1v) is 7.02. The molecule has 4 nitrogen and oxygen atoms in total. The van der Waals surface area contributed by atoms with Gasteiger partial charge in [0.2, 0.25) is 0 Å².